The first-order chi connectivity index (χ1) is 9.58. The van der Waals surface area contributed by atoms with Crippen molar-refractivity contribution >= 4 is 11.6 Å². The van der Waals surface area contributed by atoms with E-state index in [-0.39, 0.29) is 5.91 Å². The monoisotopic (exact) mass is 273 g/mol. The predicted molar refractivity (Wildman–Crippen MR) is 81.7 cm³/mol. The Balaban J connectivity index is 1.71. The van der Waals surface area contributed by atoms with Crippen LogP contribution in [0.1, 0.15) is 31.2 Å². The minimum atomic E-state index is 0.284. The first-order valence-electron chi connectivity index (χ1n) is 7.79. The molecular formula is C17H25N2O+. The maximum atomic E-state index is 12.7. The summed E-state index contributed by atoms with van der Waals surface area (Å²) in [5.74, 6) is 0.284. The van der Waals surface area contributed by atoms with E-state index in [1.165, 1.54) is 31.2 Å². The SMILES string of the molecule is C[N+](C)(CC(=O)N1CCc2ccccc21)C1CCCC1. The lowest BCUT2D eigenvalue weighted by Gasteiger charge is -2.36. The molecule has 2 aliphatic rings. The number of amides is 1. The number of nitrogens with zero attached hydrogens (tertiary/aromatic N) is 2. The van der Waals surface area contributed by atoms with Crippen molar-refractivity contribution in [2.24, 2.45) is 0 Å². The molecule has 3 nitrogen and oxygen atoms in total. The Kier molecular flexibility index (Phi) is 3.55. The van der Waals surface area contributed by atoms with Crippen LogP contribution in [0.15, 0.2) is 24.3 Å². The molecule has 1 amide bonds. The molecule has 1 saturated carbocycles. The maximum Gasteiger partial charge on any atom is 0.282 e. The number of hydrogen-bond acceptors (Lipinski definition) is 1. The standard InChI is InChI=1S/C17H25N2O/c1-19(2,15-8-4-5-9-15)13-17(20)18-12-11-14-7-3-6-10-16(14)18/h3,6-7,10,15H,4-5,8-9,11-13H2,1-2H3/q+1. The molecule has 1 heterocycles. The zero-order valence-corrected chi connectivity index (χ0v) is 12.6. The van der Waals surface area contributed by atoms with Gasteiger partial charge in [0.1, 0.15) is 0 Å². The van der Waals surface area contributed by atoms with Crippen molar-refractivity contribution in [2.45, 2.75) is 38.1 Å². The highest BCUT2D eigenvalue weighted by Gasteiger charge is 2.35. The molecular weight excluding hydrogens is 248 g/mol. The molecule has 1 fully saturated rings. The van der Waals surface area contributed by atoms with E-state index >= 15 is 0 Å². The van der Waals surface area contributed by atoms with E-state index in [2.05, 4.69) is 32.3 Å². The fourth-order valence-electron chi connectivity index (χ4n) is 3.76. The molecule has 1 aromatic rings. The van der Waals surface area contributed by atoms with E-state index in [9.17, 15) is 4.79 Å². The summed E-state index contributed by atoms with van der Waals surface area (Å²) < 4.78 is 0.845. The molecule has 1 aliphatic heterocycles. The van der Waals surface area contributed by atoms with Gasteiger partial charge in [0.05, 0.1) is 20.1 Å². The van der Waals surface area contributed by atoms with Gasteiger partial charge in [0.2, 0.25) is 0 Å². The Morgan fingerprint density at radius 2 is 1.95 bits per heavy atom. The van der Waals surface area contributed by atoms with E-state index in [0.717, 1.165) is 23.1 Å². The van der Waals surface area contributed by atoms with Crippen molar-refractivity contribution in [3.63, 3.8) is 0 Å². The van der Waals surface area contributed by atoms with Crippen LogP contribution in [0.2, 0.25) is 0 Å². The van der Waals surface area contributed by atoms with Gasteiger partial charge in [-0.3, -0.25) is 4.79 Å². The smallest absolute Gasteiger partial charge is 0.282 e. The van der Waals surface area contributed by atoms with Gasteiger partial charge in [0, 0.05) is 12.2 Å². The lowest BCUT2D eigenvalue weighted by Crippen LogP contribution is -2.53. The normalized spacial score (nSPS) is 19.4. The van der Waals surface area contributed by atoms with E-state index < -0.39 is 0 Å². The molecule has 3 heteroatoms. The topological polar surface area (TPSA) is 20.3 Å². The van der Waals surface area contributed by atoms with Crippen LogP contribution in [0.3, 0.4) is 0 Å². The zero-order valence-electron chi connectivity index (χ0n) is 12.6. The second-order valence-corrected chi connectivity index (χ2v) is 6.80. The van der Waals surface area contributed by atoms with Gasteiger partial charge in [-0.25, -0.2) is 0 Å². The highest BCUT2D eigenvalue weighted by Crippen LogP contribution is 2.30. The Morgan fingerprint density at radius 1 is 1.25 bits per heavy atom. The van der Waals surface area contributed by atoms with Gasteiger partial charge in [-0.15, -0.1) is 0 Å². The number of carbonyl (C=O) groups excluding carboxylic acids is 1. The van der Waals surface area contributed by atoms with Gasteiger partial charge >= 0.3 is 0 Å². The maximum absolute atomic E-state index is 12.7. The molecule has 0 radical (unpaired) electrons. The molecule has 0 unspecified atom stereocenters. The highest BCUT2D eigenvalue weighted by molar-refractivity contribution is 5.96. The number of carbonyl (C=O) groups is 1. The van der Waals surface area contributed by atoms with Crippen LogP contribution in [0.25, 0.3) is 0 Å². The fourth-order valence-corrected chi connectivity index (χ4v) is 3.76. The number of hydrogen-bond donors (Lipinski definition) is 0. The summed E-state index contributed by atoms with van der Waals surface area (Å²) in [4.78, 5) is 14.7. The minimum Gasteiger partial charge on any atom is -0.318 e. The number of benzene rings is 1. The first kappa shape index (κ1) is 13.6. The van der Waals surface area contributed by atoms with Crippen molar-refractivity contribution in [3.05, 3.63) is 29.8 Å². The van der Waals surface area contributed by atoms with Crippen LogP contribution >= 0.6 is 0 Å². The minimum absolute atomic E-state index is 0.284. The highest BCUT2D eigenvalue weighted by atomic mass is 16.2. The molecule has 0 saturated heterocycles. The third-order valence-corrected chi connectivity index (χ3v) is 5.04. The van der Waals surface area contributed by atoms with Crippen molar-refractivity contribution in [1.82, 2.24) is 0 Å². The van der Waals surface area contributed by atoms with E-state index in [0.29, 0.717) is 12.6 Å². The van der Waals surface area contributed by atoms with Crippen LogP contribution in [0.4, 0.5) is 5.69 Å². The third kappa shape index (κ3) is 2.47. The number of anilines is 1. The summed E-state index contributed by atoms with van der Waals surface area (Å²) in [5.41, 5.74) is 2.44. The van der Waals surface area contributed by atoms with Crippen molar-refractivity contribution in [3.8, 4) is 0 Å². The molecule has 0 atom stereocenters. The van der Waals surface area contributed by atoms with Gasteiger partial charge in [-0.05, 0) is 43.7 Å². The van der Waals surface area contributed by atoms with Gasteiger partial charge < -0.3 is 9.38 Å². The second kappa shape index (κ2) is 5.21. The molecule has 0 N–H and O–H groups in total. The van der Waals surface area contributed by atoms with Crippen LogP contribution in [-0.2, 0) is 11.2 Å². The molecule has 1 aromatic carbocycles. The summed E-state index contributed by atoms with van der Waals surface area (Å²) in [6.07, 6.45) is 6.20. The molecule has 3 rings (SSSR count). The average molecular weight is 273 g/mol. The average Bonchev–Trinajstić information content (AvgIpc) is 3.08. The van der Waals surface area contributed by atoms with Gasteiger partial charge in [0.15, 0.2) is 6.54 Å². The first-order valence-corrected chi connectivity index (χ1v) is 7.79. The van der Waals surface area contributed by atoms with E-state index in [1.54, 1.807) is 0 Å². The van der Waals surface area contributed by atoms with Crippen LogP contribution in [-0.4, -0.2) is 43.6 Å². The Labute approximate surface area is 121 Å². The van der Waals surface area contributed by atoms with Crippen molar-refractivity contribution < 1.29 is 9.28 Å². The van der Waals surface area contributed by atoms with Crippen LogP contribution < -0.4 is 4.90 Å². The molecule has 0 aromatic heterocycles. The summed E-state index contributed by atoms with van der Waals surface area (Å²) in [6, 6.07) is 8.97. The number of rotatable bonds is 3. The van der Waals surface area contributed by atoms with Crippen LogP contribution in [0.5, 0.6) is 0 Å². The fraction of sp³-hybridized carbons (Fsp3) is 0.588. The summed E-state index contributed by atoms with van der Waals surface area (Å²) in [5, 5.41) is 0. The van der Waals surface area contributed by atoms with Gasteiger partial charge in [-0.2, -0.15) is 0 Å². The number of para-hydroxylation sites is 1. The second-order valence-electron chi connectivity index (χ2n) is 6.80. The number of likely N-dealkylation sites (N-methyl/N-ethyl adjacent to an activating group) is 1. The summed E-state index contributed by atoms with van der Waals surface area (Å²) >= 11 is 0. The lowest BCUT2D eigenvalue weighted by atomic mass is 10.1. The largest absolute Gasteiger partial charge is 0.318 e. The third-order valence-electron chi connectivity index (χ3n) is 5.04. The van der Waals surface area contributed by atoms with Crippen molar-refractivity contribution in [2.75, 3.05) is 32.1 Å². The molecule has 1 aliphatic carbocycles. The molecule has 108 valence electrons. The van der Waals surface area contributed by atoms with Crippen LogP contribution in [0, 0.1) is 0 Å². The van der Waals surface area contributed by atoms with Gasteiger partial charge in [0.25, 0.3) is 5.91 Å². The van der Waals surface area contributed by atoms with Gasteiger partial charge in [-0.1, -0.05) is 18.2 Å². The molecule has 0 spiro atoms. The van der Waals surface area contributed by atoms with Crippen molar-refractivity contribution in [1.29, 1.82) is 0 Å². The number of quaternary nitrogens is 1. The quantitative estimate of drug-likeness (QED) is 0.775. The summed E-state index contributed by atoms with van der Waals surface area (Å²) in [7, 11) is 4.44. The summed E-state index contributed by atoms with van der Waals surface area (Å²) in [6.45, 7) is 1.47. The zero-order chi connectivity index (χ0) is 14.2. The molecule has 0 bridgehead atoms. The van der Waals surface area contributed by atoms with E-state index in [1.807, 2.05) is 11.0 Å². The number of fused-ring (bicyclic) bond motifs is 1. The molecule has 20 heavy (non-hydrogen) atoms. The Morgan fingerprint density at radius 3 is 2.70 bits per heavy atom. The lowest BCUT2D eigenvalue weighted by molar-refractivity contribution is -0.906. The predicted octanol–water partition coefficient (Wildman–Crippen LogP) is 2.59. The Bertz CT molecular complexity index is 503. The van der Waals surface area contributed by atoms with E-state index in [4.69, 9.17) is 0 Å². The Hall–Kier alpha value is -1.35.